The molecule has 0 aromatic carbocycles. The molecule has 1 heteroatoms. The van der Waals surface area contributed by atoms with Crippen LogP contribution < -0.4 is 0 Å². The molecule has 0 aromatic heterocycles. The summed E-state index contributed by atoms with van der Waals surface area (Å²) in [5.41, 5.74) is 0. The molecule has 9 aliphatic rings. The van der Waals surface area contributed by atoms with Gasteiger partial charge >= 0.3 is 0 Å². The van der Waals surface area contributed by atoms with E-state index in [1.165, 1.54) is 76.9 Å². The van der Waals surface area contributed by atoms with Crippen LogP contribution in [0.1, 0.15) is 116 Å². The van der Waals surface area contributed by atoms with Crippen LogP contribution in [-0.4, -0.2) is 0 Å². The second kappa shape index (κ2) is 8.88. The molecule has 0 aromatic rings. The first-order valence-corrected chi connectivity index (χ1v) is 16.9. The SMILES string of the molecule is C1CCC2C(C1)CC1C2CC2C3CCCC4CCCC(C43)C3C4CC5CCCCC5C4CC1C23.[Au]. The fraction of sp³-hybridized carbons (Fsp3) is 1.00. The fourth-order valence-corrected chi connectivity index (χ4v) is 15.3. The van der Waals surface area contributed by atoms with Crippen molar-refractivity contribution in [3.8, 4) is 0 Å². The maximum atomic E-state index is 1.73. The number of hydrogen-bond acceptors (Lipinski definition) is 0. The summed E-state index contributed by atoms with van der Waals surface area (Å²) in [4.78, 5) is 0. The average Bonchev–Trinajstić information content (AvgIpc) is 3.45. The molecule has 0 spiro atoms. The smallest absolute Gasteiger partial charge is 0 e. The topological polar surface area (TPSA) is 0 Å². The first-order chi connectivity index (χ1) is 16.9. The van der Waals surface area contributed by atoms with E-state index in [2.05, 4.69) is 0 Å². The van der Waals surface area contributed by atoms with Gasteiger partial charge in [0, 0.05) is 22.4 Å². The van der Waals surface area contributed by atoms with Crippen molar-refractivity contribution in [2.45, 2.75) is 116 Å². The van der Waals surface area contributed by atoms with E-state index in [9.17, 15) is 0 Å². The fourth-order valence-electron chi connectivity index (χ4n) is 15.3. The second-order valence-electron chi connectivity index (χ2n) is 16.0. The third kappa shape index (κ3) is 3.27. The Hall–Kier alpha value is 0.740. The van der Waals surface area contributed by atoms with Crippen LogP contribution in [0.25, 0.3) is 0 Å². The Bertz CT molecular complexity index is 802. The predicted octanol–water partition coefficient (Wildman–Crippen LogP) is 8.99. The van der Waals surface area contributed by atoms with Gasteiger partial charge in [-0.05, 0) is 146 Å². The molecule has 9 aliphatic carbocycles. The summed E-state index contributed by atoms with van der Waals surface area (Å²) in [5, 5.41) is 0. The summed E-state index contributed by atoms with van der Waals surface area (Å²) in [5.74, 6) is 18.9. The quantitative estimate of drug-likeness (QED) is 0.228. The zero-order valence-corrected chi connectivity index (χ0v) is 24.4. The molecular formula is C34H52Au. The molecule has 9 saturated carbocycles. The van der Waals surface area contributed by atoms with Crippen LogP contribution in [-0.2, 0) is 22.4 Å². The molecule has 9 rings (SSSR count). The molecule has 199 valence electrons. The zero-order valence-electron chi connectivity index (χ0n) is 22.3. The van der Waals surface area contributed by atoms with Gasteiger partial charge in [-0.25, -0.2) is 0 Å². The Morgan fingerprint density at radius 3 is 1.40 bits per heavy atom. The van der Waals surface area contributed by atoms with Crippen molar-refractivity contribution < 1.29 is 22.4 Å². The van der Waals surface area contributed by atoms with E-state index in [4.69, 9.17) is 0 Å². The molecule has 35 heavy (non-hydrogen) atoms. The van der Waals surface area contributed by atoms with Crippen molar-refractivity contribution in [1.82, 2.24) is 0 Å². The predicted molar refractivity (Wildman–Crippen MR) is 139 cm³/mol. The molecule has 16 unspecified atom stereocenters. The van der Waals surface area contributed by atoms with Gasteiger partial charge in [-0.15, -0.1) is 0 Å². The van der Waals surface area contributed by atoms with E-state index < -0.39 is 0 Å². The van der Waals surface area contributed by atoms with Gasteiger partial charge in [0.2, 0.25) is 0 Å². The molecule has 9 fully saturated rings. The monoisotopic (exact) mass is 657 g/mol. The van der Waals surface area contributed by atoms with Crippen molar-refractivity contribution in [1.29, 1.82) is 0 Å². The van der Waals surface area contributed by atoms with Gasteiger partial charge in [-0.1, -0.05) is 64.2 Å². The molecule has 16 atom stereocenters. The van der Waals surface area contributed by atoms with E-state index in [1.54, 1.807) is 116 Å². The maximum Gasteiger partial charge on any atom is 0 e. The van der Waals surface area contributed by atoms with Crippen molar-refractivity contribution in [2.24, 2.45) is 94.7 Å². The normalized spacial score (nSPS) is 61.7. The Morgan fingerprint density at radius 1 is 0.257 bits per heavy atom. The summed E-state index contributed by atoms with van der Waals surface area (Å²) in [7, 11) is 0. The Morgan fingerprint density at radius 2 is 0.686 bits per heavy atom. The van der Waals surface area contributed by atoms with Crippen molar-refractivity contribution in [3.63, 3.8) is 0 Å². The summed E-state index contributed by atoms with van der Waals surface area (Å²) >= 11 is 0. The van der Waals surface area contributed by atoms with Gasteiger partial charge in [0.05, 0.1) is 0 Å². The van der Waals surface area contributed by atoms with E-state index in [-0.39, 0.29) is 22.4 Å². The minimum absolute atomic E-state index is 0. The van der Waals surface area contributed by atoms with Crippen LogP contribution >= 0.6 is 0 Å². The van der Waals surface area contributed by atoms with Crippen LogP contribution in [0.2, 0.25) is 0 Å². The third-order valence-corrected chi connectivity index (χ3v) is 15.7. The van der Waals surface area contributed by atoms with Crippen molar-refractivity contribution >= 4 is 0 Å². The molecule has 0 saturated heterocycles. The van der Waals surface area contributed by atoms with Gasteiger partial charge in [-0.3, -0.25) is 0 Å². The molecule has 0 heterocycles. The van der Waals surface area contributed by atoms with E-state index >= 15 is 0 Å². The Balaban J connectivity index is 0.00000196. The zero-order chi connectivity index (χ0) is 22.0. The third-order valence-electron chi connectivity index (χ3n) is 15.7. The molecule has 0 aliphatic heterocycles. The largest absolute Gasteiger partial charge is 0.0530 e. The molecule has 0 amide bonds. The minimum atomic E-state index is 0. The van der Waals surface area contributed by atoms with Crippen molar-refractivity contribution in [2.75, 3.05) is 0 Å². The van der Waals surface area contributed by atoms with Crippen LogP contribution in [0.15, 0.2) is 0 Å². The van der Waals surface area contributed by atoms with E-state index in [1.807, 2.05) is 0 Å². The summed E-state index contributed by atoms with van der Waals surface area (Å²) in [6.07, 6.45) is 29.5. The molecule has 1 radical (unpaired) electrons. The number of rotatable bonds is 0. The number of fused-ring (bicyclic) bond motifs is 10. The van der Waals surface area contributed by atoms with Crippen LogP contribution in [0.4, 0.5) is 0 Å². The Kier molecular flexibility index (Phi) is 5.99. The summed E-state index contributed by atoms with van der Waals surface area (Å²) < 4.78 is 0. The number of hydrogen-bond donors (Lipinski definition) is 0. The molecular weight excluding hydrogens is 605 g/mol. The van der Waals surface area contributed by atoms with Crippen LogP contribution in [0.5, 0.6) is 0 Å². The van der Waals surface area contributed by atoms with Gasteiger partial charge in [-0.2, -0.15) is 0 Å². The molecule has 0 nitrogen and oxygen atoms in total. The molecule has 0 N–H and O–H groups in total. The molecule has 0 bridgehead atoms. The first kappa shape index (κ1) is 23.6. The maximum absolute atomic E-state index is 1.73. The van der Waals surface area contributed by atoms with E-state index in [0.717, 1.165) is 17.8 Å². The van der Waals surface area contributed by atoms with Crippen LogP contribution in [0, 0.1) is 94.7 Å². The van der Waals surface area contributed by atoms with Gasteiger partial charge < -0.3 is 0 Å². The average molecular weight is 658 g/mol. The summed E-state index contributed by atoms with van der Waals surface area (Å²) in [6.45, 7) is 0. The van der Waals surface area contributed by atoms with Gasteiger partial charge in [0.25, 0.3) is 0 Å². The first-order valence-electron chi connectivity index (χ1n) is 16.9. The standard InChI is InChI=1S/C34H52.Au/c1-3-11-22-20(7-1)15-26-27(22)17-30-24-13-5-9-19-10-6-14-25(32(19)24)33-29-16-21-8-2-4-12-23(21)28(29)18-31(26)34(30)33;/h19-34H,1-18H2;. The van der Waals surface area contributed by atoms with Crippen LogP contribution in [0.3, 0.4) is 0 Å². The summed E-state index contributed by atoms with van der Waals surface area (Å²) in [6, 6.07) is 0. The van der Waals surface area contributed by atoms with Gasteiger partial charge in [0.15, 0.2) is 0 Å². The second-order valence-corrected chi connectivity index (χ2v) is 16.0. The minimum Gasteiger partial charge on any atom is -0.0530 e. The Labute approximate surface area is 231 Å². The van der Waals surface area contributed by atoms with Gasteiger partial charge in [0.1, 0.15) is 0 Å². The van der Waals surface area contributed by atoms with Crippen molar-refractivity contribution in [3.05, 3.63) is 0 Å². The van der Waals surface area contributed by atoms with E-state index in [0.29, 0.717) is 0 Å².